The number of urea groups is 1. The third-order valence-corrected chi connectivity index (χ3v) is 2.29. The second-order valence-electron chi connectivity index (χ2n) is 4.36. The van der Waals surface area contributed by atoms with Gasteiger partial charge in [-0.05, 0) is 27.2 Å². The third kappa shape index (κ3) is 2.12. The molecule has 0 radical (unpaired) electrons. The van der Waals surface area contributed by atoms with Crippen LogP contribution in [0.2, 0.25) is 0 Å². The fraction of sp³-hybridized carbons (Fsp3) is 0.889. The summed E-state index contributed by atoms with van der Waals surface area (Å²) in [6.45, 7) is 7.30. The van der Waals surface area contributed by atoms with Gasteiger partial charge in [-0.3, -0.25) is 0 Å². The van der Waals surface area contributed by atoms with Crippen LogP contribution in [0.5, 0.6) is 0 Å². The lowest BCUT2D eigenvalue weighted by Crippen LogP contribution is -2.56. The van der Waals surface area contributed by atoms with E-state index in [9.17, 15) is 4.79 Å². The minimum atomic E-state index is -0.175. The Kier molecular flexibility index (Phi) is 2.81. The third-order valence-electron chi connectivity index (χ3n) is 2.29. The van der Waals surface area contributed by atoms with Crippen molar-refractivity contribution in [1.29, 1.82) is 0 Å². The van der Waals surface area contributed by atoms with Crippen LogP contribution >= 0.6 is 0 Å². The van der Waals surface area contributed by atoms with Crippen LogP contribution in [-0.4, -0.2) is 46.3 Å². The molecule has 4 heteroatoms. The van der Waals surface area contributed by atoms with E-state index in [2.05, 4.69) is 0 Å². The van der Waals surface area contributed by atoms with Crippen LogP contribution < -0.4 is 0 Å². The summed E-state index contributed by atoms with van der Waals surface area (Å²) in [7, 11) is 0. The van der Waals surface area contributed by atoms with Crippen molar-refractivity contribution in [2.75, 3.05) is 19.8 Å². The highest BCUT2D eigenvalue weighted by atomic mass is 16.3. The van der Waals surface area contributed by atoms with Crippen molar-refractivity contribution in [1.82, 2.24) is 9.80 Å². The summed E-state index contributed by atoms with van der Waals surface area (Å²) in [5.41, 5.74) is -0.148. The van der Waals surface area contributed by atoms with Gasteiger partial charge in [0.1, 0.15) is 6.73 Å². The summed E-state index contributed by atoms with van der Waals surface area (Å²) in [5.74, 6) is 0. The number of hydrogen-bond donors (Lipinski definition) is 1. The van der Waals surface area contributed by atoms with Gasteiger partial charge in [0.15, 0.2) is 0 Å². The summed E-state index contributed by atoms with van der Waals surface area (Å²) in [5, 5.41) is 8.92. The Morgan fingerprint density at radius 2 is 2.00 bits per heavy atom. The molecule has 0 aromatic rings. The van der Waals surface area contributed by atoms with Crippen molar-refractivity contribution in [2.45, 2.75) is 32.7 Å². The molecule has 0 saturated carbocycles. The van der Waals surface area contributed by atoms with Gasteiger partial charge < -0.3 is 14.9 Å². The number of nitrogens with zero attached hydrogens (tertiary/aromatic N) is 2. The molecule has 0 bridgehead atoms. The number of hydrogen-bond acceptors (Lipinski definition) is 2. The Labute approximate surface area is 79.1 Å². The summed E-state index contributed by atoms with van der Waals surface area (Å²) in [6.07, 6.45) is 0.934. The Bertz CT molecular complexity index is 198. The topological polar surface area (TPSA) is 43.8 Å². The lowest BCUT2D eigenvalue weighted by Gasteiger charge is -2.42. The maximum atomic E-state index is 11.7. The van der Waals surface area contributed by atoms with E-state index in [1.54, 1.807) is 4.90 Å². The second-order valence-corrected chi connectivity index (χ2v) is 4.36. The van der Waals surface area contributed by atoms with Crippen molar-refractivity contribution in [3.63, 3.8) is 0 Å². The molecule has 0 atom stereocenters. The van der Waals surface area contributed by atoms with Crippen LogP contribution in [0.1, 0.15) is 27.2 Å². The predicted molar refractivity (Wildman–Crippen MR) is 50.3 cm³/mol. The zero-order chi connectivity index (χ0) is 10.1. The number of amides is 2. The molecule has 0 aromatic carbocycles. The molecule has 0 spiro atoms. The van der Waals surface area contributed by atoms with E-state index in [4.69, 9.17) is 5.11 Å². The normalized spacial score (nSPS) is 19.5. The molecule has 1 saturated heterocycles. The van der Waals surface area contributed by atoms with E-state index in [-0.39, 0.29) is 18.3 Å². The van der Waals surface area contributed by atoms with Gasteiger partial charge >= 0.3 is 6.03 Å². The molecule has 1 N–H and O–H groups in total. The first-order valence-corrected chi connectivity index (χ1v) is 4.64. The van der Waals surface area contributed by atoms with Crippen molar-refractivity contribution in [2.24, 2.45) is 0 Å². The van der Waals surface area contributed by atoms with Crippen LogP contribution in [0.15, 0.2) is 0 Å². The molecule has 1 aliphatic heterocycles. The SMILES string of the molecule is CC(C)(C)N1CCCN(CO)C1=O. The van der Waals surface area contributed by atoms with Gasteiger partial charge in [0.2, 0.25) is 0 Å². The standard InChI is InChI=1S/C9H18N2O2/c1-9(2,3)11-6-4-5-10(7-12)8(11)13/h12H,4-7H2,1-3H3. The molecule has 0 aromatic heterocycles. The molecule has 4 nitrogen and oxygen atoms in total. The van der Waals surface area contributed by atoms with Gasteiger partial charge in [-0.1, -0.05) is 0 Å². The predicted octanol–water partition coefficient (Wildman–Crippen LogP) is 0.862. The number of carbonyl (C=O) groups excluding carboxylic acids is 1. The average molecular weight is 186 g/mol. The first-order valence-electron chi connectivity index (χ1n) is 4.64. The summed E-state index contributed by atoms with van der Waals surface area (Å²) in [6, 6.07) is -0.0544. The first kappa shape index (κ1) is 10.3. The number of aliphatic hydroxyl groups excluding tert-OH is 1. The van der Waals surface area contributed by atoms with Gasteiger partial charge in [0.25, 0.3) is 0 Å². The Hall–Kier alpha value is -0.770. The Morgan fingerprint density at radius 3 is 2.46 bits per heavy atom. The second kappa shape index (κ2) is 3.54. The summed E-state index contributed by atoms with van der Waals surface area (Å²) < 4.78 is 0. The molecular formula is C9H18N2O2. The maximum absolute atomic E-state index is 11.7. The first-order chi connectivity index (χ1) is 5.96. The molecule has 1 aliphatic rings. The molecule has 1 fully saturated rings. The lowest BCUT2D eigenvalue weighted by atomic mass is 10.1. The summed E-state index contributed by atoms with van der Waals surface area (Å²) in [4.78, 5) is 15.0. The zero-order valence-corrected chi connectivity index (χ0v) is 8.58. The fourth-order valence-corrected chi connectivity index (χ4v) is 1.54. The molecule has 0 unspecified atom stereocenters. The van der Waals surface area contributed by atoms with Crippen LogP contribution in [0, 0.1) is 0 Å². The molecule has 0 aliphatic carbocycles. The molecule has 1 rings (SSSR count). The summed E-state index contributed by atoms with van der Waals surface area (Å²) >= 11 is 0. The largest absolute Gasteiger partial charge is 0.376 e. The van der Waals surface area contributed by atoms with Crippen molar-refractivity contribution in [3.05, 3.63) is 0 Å². The molecule has 76 valence electrons. The minimum Gasteiger partial charge on any atom is -0.376 e. The highest BCUT2D eigenvalue weighted by Crippen LogP contribution is 2.19. The fourth-order valence-electron chi connectivity index (χ4n) is 1.54. The lowest BCUT2D eigenvalue weighted by molar-refractivity contribution is 0.0478. The van der Waals surface area contributed by atoms with Crippen LogP contribution in [0.3, 0.4) is 0 Å². The number of aliphatic hydroxyl groups is 1. The highest BCUT2D eigenvalue weighted by molar-refractivity contribution is 5.75. The van der Waals surface area contributed by atoms with Gasteiger partial charge in [-0.15, -0.1) is 0 Å². The van der Waals surface area contributed by atoms with Crippen molar-refractivity contribution >= 4 is 6.03 Å². The monoisotopic (exact) mass is 186 g/mol. The van der Waals surface area contributed by atoms with E-state index in [0.717, 1.165) is 13.0 Å². The highest BCUT2D eigenvalue weighted by Gasteiger charge is 2.32. The van der Waals surface area contributed by atoms with E-state index in [1.807, 2.05) is 20.8 Å². The van der Waals surface area contributed by atoms with Crippen LogP contribution in [0.25, 0.3) is 0 Å². The minimum absolute atomic E-state index is 0.0544. The van der Waals surface area contributed by atoms with Gasteiger partial charge in [-0.25, -0.2) is 4.79 Å². The van der Waals surface area contributed by atoms with E-state index in [1.165, 1.54) is 4.90 Å². The van der Waals surface area contributed by atoms with Crippen molar-refractivity contribution < 1.29 is 9.90 Å². The molecular weight excluding hydrogens is 168 g/mol. The van der Waals surface area contributed by atoms with Gasteiger partial charge in [0, 0.05) is 18.6 Å². The van der Waals surface area contributed by atoms with Crippen LogP contribution in [0.4, 0.5) is 4.79 Å². The van der Waals surface area contributed by atoms with Crippen molar-refractivity contribution in [3.8, 4) is 0 Å². The van der Waals surface area contributed by atoms with E-state index in [0.29, 0.717) is 6.54 Å². The molecule has 1 heterocycles. The molecule has 2 amide bonds. The van der Waals surface area contributed by atoms with Gasteiger partial charge in [0.05, 0.1) is 0 Å². The quantitative estimate of drug-likeness (QED) is 0.660. The Balaban J connectivity index is 2.71. The van der Waals surface area contributed by atoms with Gasteiger partial charge in [-0.2, -0.15) is 0 Å². The van der Waals surface area contributed by atoms with Crippen LogP contribution in [-0.2, 0) is 0 Å². The Morgan fingerprint density at radius 1 is 1.38 bits per heavy atom. The van der Waals surface area contributed by atoms with E-state index < -0.39 is 0 Å². The average Bonchev–Trinajstić information content (AvgIpc) is 2.02. The smallest absolute Gasteiger partial charge is 0.322 e. The number of carbonyl (C=O) groups is 1. The number of rotatable bonds is 1. The zero-order valence-electron chi connectivity index (χ0n) is 8.58. The molecule has 13 heavy (non-hydrogen) atoms. The maximum Gasteiger partial charge on any atom is 0.322 e. The van der Waals surface area contributed by atoms with E-state index >= 15 is 0 Å².